The van der Waals surface area contributed by atoms with Crippen LogP contribution in [0.15, 0.2) is 53.4 Å². The van der Waals surface area contributed by atoms with Crippen LogP contribution in [0.2, 0.25) is 0 Å². The summed E-state index contributed by atoms with van der Waals surface area (Å²) in [6.45, 7) is 5.53. The molecule has 1 heterocycles. The fourth-order valence-electron chi connectivity index (χ4n) is 3.31. The monoisotopic (exact) mass is 385 g/mol. The van der Waals surface area contributed by atoms with E-state index in [1.54, 1.807) is 18.9 Å². The number of ether oxygens (including phenoxy) is 1. The zero-order valence-corrected chi connectivity index (χ0v) is 17.0. The lowest BCUT2D eigenvalue weighted by atomic mass is 10.2. The zero-order chi connectivity index (χ0) is 19.2. The van der Waals surface area contributed by atoms with Gasteiger partial charge in [0.1, 0.15) is 5.75 Å². The highest BCUT2D eigenvalue weighted by molar-refractivity contribution is 7.98. The molecule has 1 N–H and O–H groups in total. The molecule has 0 bridgehead atoms. The van der Waals surface area contributed by atoms with Gasteiger partial charge in [-0.05, 0) is 49.6 Å². The molecular weight excluding hydrogens is 358 g/mol. The van der Waals surface area contributed by atoms with Gasteiger partial charge in [0.15, 0.2) is 0 Å². The fraction of sp³-hybridized carbons (Fsp3) is 0.381. The van der Waals surface area contributed by atoms with Gasteiger partial charge >= 0.3 is 0 Å². The van der Waals surface area contributed by atoms with Gasteiger partial charge in [-0.2, -0.15) is 0 Å². The van der Waals surface area contributed by atoms with Crippen LogP contribution in [-0.4, -0.2) is 56.4 Å². The van der Waals surface area contributed by atoms with Crippen molar-refractivity contribution >= 4 is 29.0 Å². The standard InChI is InChI=1S/C21H27N3O2S/c1-16(21(25)22-19-6-4-5-7-20(19)27-3)23-12-14-24(15-13-23)17-8-10-18(26-2)11-9-17/h4-11,16H,12-15H2,1-3H3,(H,22,25). The number of amides is 1. The van der Waals surface area contributed by atoms with Crippen molar-refractivity contribution in [1.29, 1.82) is 0 Å². The minimum atomic E-state index is -0.155. The molecule has 5 nitrogen and oxygen atoms in total. The first-order chi connectivity index (χ1) is 13.1. The largest absolute Gasteiger partial charge is 0.497 e. The van der Waals surface area contributed by atoms with Crippen molar-refractivity contribution in [2.75, 3.05) is 49.8 Å². The number of methoxy groups -OCH3 is 1. The van der Waals surface area contributed by atoms with Crippen molar-refractivity contribution < 1.29 is 9.53 Å². The number of hydrogen-bond acceptors (Lipinski definition) is 5. The molecule has 0 aliphatic carbocycles. The van der Waals surface area contributed by atoms with Crippen LogP contribution in [0.1, 0.15) is 6.92 Å². The number of thioether (sulfide) groups is 1. The lowest BCUT2D eigenvalue weighted by molar-refractivity contribution is -0.120. The average Bonchev–Trinajstić information content (AvgIpc) is 2.73. The van der Waals surface area contributed by atoms with E-state index in [1.807, 2.05) is 49.6 Å². The van der Waals surface area contributed by atoms with Gasteiger partial charge in [-0.15, -0.1) is 11.8 Å². The molecule has 1 unspecified atom stereocenters. The maximum Gasteiger partial charge on any atom is 0.241 e. The number of carbonyl (C=O) groups excluding carboxylic acids is 1. The smallest absolute Gasteiger partial charge is 0.241 e. The van der Waals surface area contributed by atoms with E-state index in [0.717, 1.165) is 42.5 Å². The number of nitrogens with one attached hydrogen (secondary N) is 1. The van der Waals surface area contributed by atoms with Gasteiger partial charge < -0.3 is 15.0 Å². The number of para-hydroxylation sites is 1. The molecule has 27 heavy (non-hydrogen) atoms. The molecule has 0 radical (unpaired) electrons. The summed E-state index contributed by atoms with van der Waals surface area (Å²) < 4.78 is 5.22. The Balaban J connectivity index is 1.55. The van der Waals surface area contributed by atoms with E-state index in [1.165, 1.54) is 5.69 Å². The summed E-state index contributed by atoms with van der Waals surface area (Å²) in [4.78, 5) is 18.4. The van der Waals surface area contributed by atoms with Gasteiger partial charge in [-0.25, -0.2) is 0 Å². The van der Waals surface area contributed by atoms with Crippen molar-refractivity contribution in [3.8, 4) is 5.75 Å². The van der Waals surface area contributed by atoms with Crippen molar-refractivity contribution in [1.82, 2.24) is 4.90 Å². The first-order valence-corrected chi connectivity index (χ1v) is 10.4. The molecule has 1 amide bonds. The number of anilines is 2. The Hall–Kier alpha value is -2.18. The van der Waals surface area contributed by atoms with E-state index < -0.39 is 0 Å². The topological polar surface area (TPSA) is 44.8 Å². The van der Waals surface area contributed by atoms with Crippen LogP contribution in [0.5, 0.6) is 5.75 Å². The lowest BCUT2D eigenvalue weighted by Gasteiger charge is -2.38. The summed E-state index contributed by atoms with van der Waals surface area (Å²) in [6, 6.07) is 15.9. The third-order valence-corrected chi connectivity index (χ3v) is 5.84. The first kappa shape index (κ1) is 19.6. The van der Waals surface area contributed by atoms with Crippen molar-refractivity contribution in [3.63, 3.8) is 0 Å². The minimum Gasteiger partial charge on any atom is -0.497 e. The maximum atomic E-state index is 12.7. The summed E-state index contributed by atoms with van der Waals surface area (Å²) in [7, 11) is 1.68. The quantitative estimate of drug-likeness (QED) is 0.770. The summed E-state index contributed by atoms with van der Waals surface area (Å²) in [5, 5.41) is 3.09. The van der Waals surface area contributed by atoms with Gasteiger partial charge in [0.2, 0.25) is 5.91 Å². The van der Waals surface area contributed by atoms with Gasteiger partial charge in [-0.3, -0.25) is 9.69 Å². The highest BCUT2D eigenvalue weighted by Gasteiger charge is 2.26. The molecule has 1 fully saturated rings. The molecular formula is C21H27N3O2S. The second-order valence-corrected chi connectivity index (χ2v) is 7.43. The summed E-state index contributed by atoms with van der Waals surface area (Å²) in [5.74, 6) is 0.919. The molecule has 2 aromatic carbocycles. The zero-order valence-electron chi connectivity index (χ0n) is 16.1. The van der Waals surface area contributed by atoms with Gasteiger partial charge in [0.05, 0.1) is 18.8 Å². The lowest BCUT2D eigenvalue weighted by Crippen LogP contribution is -2.52. The molecule has 3 rings (SSSR count). The molecule has 6 heteroatoms. The predicted octanol–water partition coefficient (Wildman–Crippen LogP) is 3.57. The third kappa shape index (κ3) is 4.76. The van der Waals surface area contributed by atoms with Crippen LogP contribution in [0.25, 0.3) is 0 Å². The highest BCUT2D eigenvalue weighted by Crippen LogP contribution is 2.25. The van der Waals surface area contributed by atoms with Gasteiger partial charge in [-0.1, -0.05) is 12.1 Å². The van der Waals surface area contributed by atoms with Crippen LogP contribution in [-0.2, 0) is 4.79 Å². The van der Waals surface area contributed by atoms with Crippen molar-refractivity contribution in [2.45, 2.75) is 17.9 Å². The number of rotatable bonds is 6. The van der Waals surface area contributed by atoms with Gasteiger partial charge in [0.25, 0.3) is 0 Å². The Labute approximate surface area is 165 Å². The van der Waals surface area contributed by atoms with E-state index in [-0.39, 0.29) is 11.9 Å². The van der Waals surface area contributed by atoms with E-state index in [9.17, 15) is 4.79 Å². The van der Waals surface area contributed by atoms with Crippen LogP contribution < -0.4 is 15.0 Å². The number of nitrogens with zero attached hydrogens (tertiary/aromatic N) is 2. The number of piperazine rings is 1. The molecule has 1 aliphatic rings. The first-order valence-electron chi connectivity index (χ1n) is 9.19. The molecule has 1 atom stereocenters. The van der Waals surface area contributed by atoms with Crippen LogP contribution in [0, 0.1) is 0 Å². The Morgan fingerprint density at radius 2 is 1.74 bits per heavy atom. The Kier molecular flexibility index (Phi) is 6.63. The Morgan fingerprint density at radius 1 is 1.07 bits per heavy atom. The average molecular weight is 386 g/mol. The summed E-state index contributed by atoms with van der Waals surface area (Å²) in [6.07, 6.45) is 2.02. The number of hydrogen-bond donors (Lipinski definition) is 1. The van der Waals surface area contributed by atoms with E-state index in [0.29, 0.717) is 0 Å². The molecule has 0 spiro atoms. The number of carbonyl (C=O) groups is 1. The molecule has 144 valence electrons. The van der Waals surface area contributed by atoms with Crippen molar-refractivity contribution in [3.05, 3.63) is 48.5 Å². The fourth-order valence-corrected chi connectivity index (χ4v) is 3.86. The Bertz CT molecular complexity index is 758. The third-order valence-electron chi connectivity index (χ3n) is 5.04. The Morgan fingerprint density at radius 3 is 2.37 bits per heavy atom. The number of benzene rings is 2. The SMILES string of the molecule is COc1ccc(N2CCN(C(C)C(=O)Nc3ccccc3SC)CC2)cc1. The predicted molar refractivity (Wildman–Crippen MR) is 113 cm³/mol. The van der Waals surface area contributed by atoms with E-state index >= 15 is 0 Å². The molecule has 1 saturated heterocycles. The van der Waals surface area contributed by atoms with Crippen LogP contribution in [0.3, 0.4) is 0 Å². The molecule has 2 aromatic rings. The minimum absolute atomic E-state index is 0.0504. The van der Waals surface area contributed by atoms with Crippen LogP contribution >= 0.6 is 11.8 Å². The molecule has 0 saturated carbocycles. The van der Waals surface area contributed by atoms with Crippen LogP contribution in [0.4, 0.5) is 11.4 Å². The normalized spacial score (nSPS) is 16.0. The van der Waals surface area contributed by atoms with E-state index in [4.69, 9.17) is 4.74 Å². The molecule has 1 aliphatic heterocycles. The van der Waals surface area contributed by atoms with E-state index in [2.05, 4.69) is 27.2 Å². The van der Waals surface area contributed by atoms with Crippen molar-refractivity contribution in [2.24, 2.45) is 0 Å². The summed E-state index contributed by atoms with van der Waals surface area (Å²) >= 11 is 1.64. The van der Waals surface area contributed by atoms with Gasteiger partial charge in [0, 0.05) is 36.8 Å². The second kappa shape index (κ2) is 9.15. The molecule has 0 aromatic heterocycles. The highest BCUT2D eigenvalue weighted by atomic mass is 32.2. The second-order valence-electron chi connectivity index (χ2n) is 6.59. The maximum absolute atomic E-state index is 12.7. The summed E-state index contributed by atoms with van der Waals surface area (Å²) in [5.41, 5.74) is 2.08.